The molecule has 0 spiro atoms. The lowest BCUT2D eigenvalue weighted by Gasteiger charge is -2.34. The average Bonchev–Trinajstić information content (AvgIpc) is 2.85. The topological polar surface area (TPSA) is 76.5 Å². The summed E-state index contributed by atoms with van der Waals surface area (Å²) in [6.07, 6.45) is 8.24. The number of hydrogen-bond donors (Lipinski definition) is 1. The van der Waals surface area contributed by atoms with Crippen molar-refractivity contribution in [1.82, 2.24) is 14.4 Å². The molecule has 0 bridgehead atoms. The number of fused-ring (bicyclic) bond motifs is 1. The third-order valence-electron chi connectivity index (χ3n) is 3.43. The minimum atomic E-state index is -0.300. The number of imidazole rings is 1. The summed E-state index contributed by atoms with van der Waals surface area (Å²) in [7, 11) is 0. The van der Waals surface area contributed by atoms with Gasteiger partial charge in [0.25, 0.3) is 0 Å². The molecule has 2 aromatic rings. The highest BCUT2D eigenvalue weighted by atomic mass is 79.9. The molecule has 3 rings (SSSR count). The van der Waals surface area contributed by atoms with Gasteiger partial charge < -0.3 is 15.0 Å². The summed E-state index contributed by atoms with van der Waals surface area (Å²) in [4.78, 5) is 22.4. The maximum atomic E-state index is 11.6. The van der Waals surface area contributed by atoms with E-state index >= 15 is 0 Å². The fourth-order valence-electron chi connectivity index (χ4n) is 2.56. The van der Waals surface area contributed by atoms with Crippen LogP contribution in [0.2, 0.25) is 0 Å². The number of carbonyl (C=O) groups is 1. The number of rotatable bonds is 2. The van der Waals surface area contributed by atoms with Gasteiger partial charge in [-0.1, -0.05) is 0 Å². The number of amides is 1. The quantitative estimate of drug-likeness (QED) is 0.904. The third-order valence-corrected chi connectivity index (χ3v) is 3.81. The Hall–Kier alpha value is -1.63. The van der Waals surface area contributed by atoms with Crippen LogP contribution in [0.5, 0.6) is 0 Å². The molecule has 0 radical (unpaired) electrons. The molecule has 1 aliphatic rings. The molecule has 2 N–H and O–H groups in total. The van der Waals surface area contributed by atoms with Crippen molar-refractivity contribution >= 4 is 33.3 Å². The van der Waals surface area contributed by atoms with E-state index in [1.54, 1.807) is 6.20 Å². The average molecular weight is 324 g/mol. The van der Waals surface area contributed by atoms with Gasteiger partial charge in [-0.05, 0) is 35.2 Å². The lowest BCUT2D eigenvalue weighted by Crippen LogP contribution is -2.48. The summed E-state index contributed by atoms with van der Waals surface area (Å²) in [6.45, 7) is 0.777. The number of hydrogen-bond acceptors (Lipinski definition) is 4. The van der Waals surface area contributed by atoms with E-state index in [9.17, 15) is 4.79 Å². The van der Waals surface area contributed by atoms with Crippen molar-refractivity contribution in [3.05, 3.63) is 23.2 Å². The molecule has 2 aromatic heterocycles. The fourth-order valence-corrected chi connectivity index (χ4v) is 2.95. The van der Waals surface area contributed by atoms with E-state index in [2.05, 4.69) is 25.9 Å². The van der Waals surface area contributed by atoms with Crippen LogP contribution in [-0.2, 0) is 4.79 Å². The highest BCUT2D eigenvalue weighted by molar-refractivity contribution is 9.10. The van der Waals surface area contributed by atoms with Crippen LogP contribution >= 0.6 is 15.9 Å². The number of primary amides is 1. The van der Waals surface area contributed by atoms with E-state index in [0.29, 0.717) is 10.4 Å². The summed E-state index contributed by atoms with van der Waals surface area (Å²) in [5.74, 6) is 0.411. The molecule has 100 valence electrons. The first-order valence-electron chi connectivity index (χ1n) is 6.22. The number of halogens is 1. The first-order valence-corrected chi connectivity index (χ1v) is 7.01. The van der Waals surface area contributed by atoms with Crippen molar-refractivity contribution in [3.8, 4) is 0 Å². The molecule has 1 amide bonds. The van der Waals surface area contributed by atoms with Crippen LogP contribution in [-0.4, -0.2) is 32.9 Å². The van der Waals surface area contributed by atoms with Crippen molar-refractivity contribution in [2.24, 2.45) is 5.73 Å². The van der Waals surface area contributed by atoms with Gasteiger partial charge in [0.2, 0.25) is 5.91 Å². The molecule has 0 aliphatic carbocycles. The Kier molecular flexibility index (Phi) is 3.14. The van der Waals surface area contributed by atoms with Crippen LogP contribution in [0.3, 0.4) is 0 Å². The molecule has 1 saturated heterocycles. The molecule has 1 fully saturated rings. The monoisotopic (exact) mass is 323 g/mol. The zero-order chi connectivity index (χ0) is 13.4. The fraction of sp³-hybridized carbons (Fsp3) is 0.417. The molecule has 1 atom stereocenters. The highest BCUT2D eigenvalue weighted by Crippen LogP contribution is 2.27. The standard InChI is InChI=1S/C12H14BrN5O/c13-9-7-17-6-4-15-11(17)12(16-9)18-5-2-1-3-8(18)10(14)19/h4,6-8H,1-3,5H2,(H2,14,19). The van der Waals surface area contributed by atoms with Gasteiger partial charge in [-0.3, -0.25) is 4.79 Å². The molecule has 3 heterocycles. The van der Waals surface area contributed by atoms with Gasteiger partial charge in [0.05, 0.1) is 0 Å². The van der Waals surface area contributed by atoms with Crippen molar-refractivity contribution in [1.29, 1.82) is 0 Å². The van der Waals surface area contributed by atoms with Crippen molar-refractivity contribution in [2.45, 2.75) is 25.3 Å². The molecular weight excluding hydrogens is 310 g/mol. The van der Waals surface area contributed by atoms with E-state index in [1.165, 1.54) is 0 Å². The van der Waals surface area contributed by atoms with Gasteiger partial charge >= 0.3 is 0 Å². The number of carbonyl (C=O) groups excluding carboxylic acids is 1. The second kappa shape index (κ2) is 4.80. The number of piperidine rings is 1. The molecule has 1 aliphatic heterocycles. The summed E-state index contributed by atoms with van der Waals surface area (Å²) in [6, 6.07) is -0.295. The first kappa shape index (κ1) is 12.4. The van der Waals surface area contributed by atoms with Crippen LogP contribution in [0.1, 0.15) is 19.3 Å². The zero-order valence-corrected chi connectivity index (χ0v) is 11.9. The summed E-state index contributed by atoms with van der Waals surface area (Å²) < 4.78 is 2.60. The van der Waals surface area contributed by atoms with Crippen molar-refractivity contribution < 1.29 is 4.79 Å². The maximum Gasteiger partial charge on any atom is 0.240 e. The van der Waals surface area contributed by atoms with E-state index in [1.807, 2.05) is 21.7 Å². The van der Waals surface area contributed by atoms with E-state index in [-0.39, 0.29) is 11.9 Å². The second-order valence-electron chi connectivity index (χ2n) is 4.65. The summed E-state index contributed by atoms with van der Waals surface area (Å²) in [5.41, 5.74) is 6.25. The van der Waals surface area contributed by atoms with Gasteiger partial charge in [-0.15, -0.1) is 0 Å². The minimum Gasteiger partial charge on any atom is -0.368 e. The Labute approximate surface area is 118 Å². The number of aromatic nitrogens is 3. The Morgan fingerprint density at radius 3 is 3.11 bits per heavy atom. The van der Waals surface area contributed by atoms with E-state index in [0.717, 1.165) is 31.5 Å². The molecule has 0 aromatic carbocycles. The summed E-state index contributed by atoms with van der Waals surface area (Å²) >= 11 is 3.39. The highest BCUT2D eigenvalue weighted by Gasteiger charge is 2.29. The number of nitrogens with zero attached hydrogens (tertiary/aromatic N) is 4. The third kappa shape index (κ3) is 2.18. The van der Waals surface area contributed by atoms with Crippen molar-refractivity contribution in [2.75, 3.05) is 11.4 Å². The minimum absolute atomic E-state index is 0.295. The number of nitrogens with two attached hydrogens (primary N) is 1. The first-order chi connectivity index (χ1) is 9.16. The molecule has 1 unspecified atom stereocenters. The molecular formula is C12H14BrN5O. The Morgan fingerprint density at radius 2 is 2.32 bits per heavy atom. The lowest BCUT2D eigenvalue weighted by molar-refractivity contribution is -0.119. The maximum absolute atomic E-state index is 11.6. The van der Waals surface area contributed by atoms with Gasteiger partial charge in [0.15, 0.2) is 11.5 Å². The smallest absolute Gasteiger partial charge is 0.240 e. The summed E-state index contributed by atoms with van der Waals surface area (Å²) in [5, 5.41) is 0. The Balaban J connectivity index is 2.11. The lowest BCUT2D eigenvalue weighted by atomic mass is 10.0. The van der Waals surface area contributed by atoms with E-state index < -0.39 is 0 Å². The van der Waals surface area contributed by atoms with Crippen molar-refractivity contribution in [3.63, 3.8) is 0 Å². The number of anilines is 1. The molecule has 7 heteroatoms. The molecule has 6 nitrogen and oxygen atoms in total. The predicted octanol–water partition coefficient (Wildman–Crippen LogP) is 1.34. The van der Waals surface area contributed by atoms with Gasteiger partial charge in [0.1, 0.15) is 10.6 Å². The van der Waals surface area contributed by atoms with Crippen LogP contribution in [0, 0.1) is 0 Å². The Morgan fingerprint density at radius 1 is 1.47 bits per heavy atom. The van der Waals surface area contributed by atoms with Gasteiger partial charge in [0, 0.05) is 25.1 Å². The zero-order valence-electron chi connectivity index (χ0n) is 10.3. The Bertz CT molecular complexity index is 626. The van der Waals surface area contributed by atoms with Crippen LogP contribution in [0.4, 0.5) is 5.82 Å². The molecule has 0 saturated carbocycles. The van der Waals surface area contributed by atoms with Crippen LogP contribution in [0.15, 0.2) is 23.2 Å². The van der Waals surface area contributed by atoms with Gasteiger partial charge in [-0.25, -0.2) is 9.97 Å². The SMILES string of the molecule is NC(=O)C1CCCCN1c1nc(Br)cn2ccnc12. The predicted molar refractivity (Wildman–Crippen MR) is 74.9 cm³/mol. The van der Waals surface area contributed by atoms with Crippen LogP contribution < -0.4 is 10.6 Å². The van der Waals surface area contributed by atoms with Gasteiger partial charge in [-0.2, -0.15) is 0 Å². The molecule has 19 heavy (non-hydrogen) atoms. The second-order valence-corrected chi connectivity index (χ2v) is 5.47. The largest absolute Gasteiger partial charge is 0.368 e. The normalized spacial score (nSPS) is 19.8. The van der Waals surface area contributed by atoms with E-state index in [4.69, 9.17) is 5.73 Å². The van der Waals surface area contributed by atoms with Crippen LogP contribution in [0.25, 0.3) is 5.65 Å².